The molecule has 6 heteroatoms. The number of halogens is 1. The van der Waals surface area contributed by atoms with Gasteiger partial charge >= 0.3 is 0 Å². The maximum absolute atomic E-state index is 14.4. The lowest BCUT2D eigenvalue weighted by Crippen LogP contribution is -2.26. The third-order valence-corrected chi connectivity index (χ3v) is 6.67. The van der Waals surface area contributed by atoms with Crippen LogP contribution in [0.2, 0.25) is 0 Å². The number of amides is 1. The van der Waals surface area contributed by atoms with Crippen molar-refractivity contribution in [2.24, 2.45) is 5.92 Å². The molecule has 2 heterocycles. The van der Waals surface area contributed by atoms with E-state index in [0.29, 0.717) is 5.92 Å². The molecule has 3 aromatic rings. The third kappa shape index (κ3) is 3.30. The predicted molar refractivity (Wildman–Crippen MR) is 113 cm³/mol. The topological polar surface area (TPSA) is 59.8 Å². The lowest BCUT2D eigenvalue weighted by molar-refractivity contribution is 0.0947. The Kier molecular flexibility index (Phi) is 4.27. The van der Waals surface area contributed by atoms with Crippen LogP contribution in [0.15, 0.2) is 43.0 Å². The fourth-order valence-corrected chi connectivity index (χ4v) is 4.10. The van der Waals surface area contributed by atoms with E-state index in [4.69, 9.17) is 0 Å². The number of carbonyl (C=O) groups excluding carboxylic acids is 1. The van der Waals surface area contributed by atoms with Crippen LogP contribution in [0.4, 0.5) is 4.39 Å². The van der Waals surface area contributed by atoms with Crippen LogP contribution in [0.1, 0.15) is 54.6 Å². The van der Waals surface area contributed by atoms with Gasteiger partial charge in [-0.25, -0.2) is 9.07 Å². The Labute approximate surface area is 175 Å². The molecule has 2 aromatic heterocycles. The van der Waals surface area contributed by atoms with E-state index in [1.165, 1.54) is 18.1 Å². The maximum Gasteiger partial charge on any atom is 0.254 e. The highest BCUT2D eigenvalue weighted by Gasteiger charge is 2.48. The van der Waals surface area contributed by atoms with Gasteiger partial charge in [-0.15, -0.1) is 0 Å². The fourth-order valence-electron chi connectivity index (χ4n) is 4.10. The predicted octanol–water partition coefficient (Wildman–Crippen LogP) is 4.57. The molecule has 2 saturated carbocycles. The second-order valence-corrected chi connectivity index (χ2v) is 9.02. The number of rotatable bonds is 5. The lowest BCUT2D eigenvalue weighted by Gasteiger charge is -2.11. The van der Waals surface area contributed by atoms with E-state index < -0.39 is 5.82 Å². The number of hydrogen-bond donors (Lipinski definition) is 1. The van der Waals surface area contributed by atoms with Crippen molar-refractivity contribution in [2.75, 3.05) is 0 Å². The molecular weight excluding hydrogens is 379 g/mol. The molecule has 0 aliphatic heterocycles. The quantitative estimate of drug-likeness (QED) is 0.678. The lowest BCUT2D eigenvalue weighted by atomic mass is 9.97. The summed E-state index contributed by atoms with van der Waals surface area (Å²) in [5.74, 6) is -0.192. The summed E-state index contributed by atoms with van der Waals surface area (Å²) in [7, 11) is 0. The largest absolute Gasteiger partial charge is 0.349 e. The van der Waals surface area contributed by atoms with E-state index in [1.54, 1.807) is 23.1 Å². The highest BCUT2D eigenvalue weighted by Crippen LogP contribution is 2.53. The number of carbonyl (C=O) groups is 1. The van der Waals surface area contributed by atoms with Crippen molar-refractivity contribution >= 4 is 5.91 Å². The van der Waals surface area contributed by atoms with Gasteiger partial charge in [0.1, 0.15) is 5.82 Å². The van der Waals surface area contributed by atoms with Crippen LogP contribution in [-0.2, 0) is 5.41 Å². The molecule has 2 aliphatic carbocycles. The van der Waals surface area contributed by atoms with Crippen LogP contribution in [0.3, 0.4) is 0 Å². The fraction of sp³-hybridized carbons (Fsp3) is 0.375. The summed E-state index contributed by atoms with van der Waals surface area (Å²) < 4.78 is 16.2. The SMILES string of the molecule is Cc1cc(F)c(C(=O)NC2CC2)cc1-c1cnn(-c2cncc(C3(C)CC3C)c2)c1. The van der Waals surface area contributed by atoms with Crippen molar-refractivity contribution in [3.05, 3.63) is 65.5 Å². The van der Waals surface area contributed by atoms with Gasteiger partial charge in [0.2, 0.25) is 0 Å². The third-order valence-electron chi connectivity index (χ3n) is 6.67. The molecule has 5 rings (SSSR count). The minimum absolute atomic E-state index is 0.0783. The minimum Gasteiger partial charge on any atom is -0.349 e. The van der Waals surface area contributed by atoms with E-state index in [0.717, 1.165) is 35.2 Å². The van der Waals surface area contributed by atoms with E-state index >= 15 is 0 Å². The van der Waals surface area contributed by atoms with Gasteiger partial charge in [-0.2, -0.15) is 5.10 Å². The molecule has 0 radical (unpaired) electrons. The standard InChI is InChI=1S/C24H25FN4O/c1-14-6-22(25)21(23(30)28-18-4-5-18)8-20(14)16-10-27-29(13-16)19-7-17(11-26-12-19)24(3)9-15(24)2/h6-8,10-13,15,18H,4-5,9H2,1-3H3,(H,28,30). The molecule has 30 heavy (non-hydrogen) atoms. The number of benzene rings is 1. The number of nitrogens with one attached hydrogen (secondary N) is 1. The molecule has 2 atom stereocenters. The number of aryl methyl sites for hydroxylation is 1. The first-order valence-corrected chi connectivity index (χ1v) is 10.5. The van der Waals surface area contributed by atoms with Crippen molar-refractivity contribution in [2.45, 2.75) is 51.5 Å². The van der Waals surface area contributed by atoms with Gasteiger partial charge in [0.15, 0.2) is 0 Å². The van der Waals surface area contributed by atoms with Crippen LogP contribution in [0, 0.1) is 18.7 Å². The number of nitrogens with zero attached hydrogens (tertiary/aromatic N) is 3. The minimum atomic E-state index is -0.495. The molecule has 1 amide bonds. The zero-order chi connectivity index (χ0) is 21.0. The maximum atomic E-state index is 14.4. The van der Waals surface area contributed by atoms with E-state index in [1.807, 2.05) is 19.3 Å². The monoisotopic (exact) mass is 404 g/mol. The number of hydrogen-bond acceptors (Lipinski definition) is 3. The highest BCUT2D eigenvalue weighted by molar-refractivity contribution is 5.96. The number of pyridine rings is 1. The van der Waals surface area contributed by atoms with Crippen LogP contribution in [0.25, 0.3) is 16.8 Å². The van der Waals surface area contributed by atoms with Gasteiger partial charge in [-0.05, 0) is 72.4 Å². The summed E-state index contributed by atoms with van der Waals surface area (Å²) in [6, 6.07) is 5.37. The van der Waals surface area contributed by atoms with Crippen LogP contribution >= 0.6 is 0 Å². The molecule has 154 valence electrons. The molecule has 5 nitrogen and oxygen atoms in total. The molecule has 1 aromatic carbocycles. The van der Waals surface area contributed by atoms with Gasteiger partial charge in [0.05, 0.1) is 23.6 Å². The zero-order valence-electron chi connectivity index (χ0n) is 17.4. The molecule has 2 fully saturated rings. The van der Waals surface area contributed by atoms with Crippen LogP contribution in [0.5, 0.6) is 0 Å². The van der Waals surface area contributed by atoms with Crippen molar-refractivity contribution in [3.63, 3.8) is 0 Å². The van der Waals surface area contributed by atoms with E-state index in [9.17, 15) is 9.18 Å². The summed E-state index contributed by atoms with van der Waals surface area (Å²) in [5, 5.41) is 7.37. The Morgan fingerprint density at radius 3 is 2.70 bits per heavy atom. The van der Waals surface area contributed by atoms with Crippen molar-refractivity contribution in [1.82, 2.24) is 20.1 Å². The molecule has 0 bridgehead atoms. The summed E-state index contributed by atoms with van der Waals surface area (Å²) in [6.45, 7) is 6.37. The Hall–Kier alpha value is -3.02. The van der Waals surface area contributed by atoms with Crippen LogP contribution < -0.4 is 5.32 Å². The molecule has 0 spiro atoms. The van der Waals surface area contributed by atoms with Crippen molar-refractivity contribution in [1.29, 1.82) is 0 Å². The summed E-state index contributed by atoms with van der Waals surface area (Å²) in [5.41, 5.74) is 4.79. The highest BCUT2D eigenvalue weighted by atomic mass is 19.1. The van der Waals surface area contributed by atoms with Gasteiger partial charge in [-0.3, -0.25) is 9.78 Å². The van der Waals surface area contributed by atoms with Gasteiger partial charge in [-0.1, -0.05) is 13.8 Å². The van der Waals surface area contributed by atoms with E-state index in [-0.39, 0.29) is 22.9 Å². The first-order valence-electron chi connectivity index (χ1n) is 10.5. The van der Waals surface area contributed by atoms with Gasteiger partial charge < -0.3 is 5.32 Å². The van der Waals surface area contributed by atoms with Crippen LogP contribution in [-0.4, -0.2) is 26.7 Å². The first kappa shape index (κ1) is 19.0. The number of aromatic nitrogens is 3. The summed E-state index contributed by atoms with van der Waals surface area (Å²) in [6.07, 6.45) is 10.5. The summed E-state index contributed by atoms with van der Waals surface area (Å²) >= 11 is 0. The molecule has 2 unspecified atom stereocenters. The second kappa shape index (κ2) is 6.76. The second-order valence-electron chi connectivity index (χ2n) is 9.02. The molecule has 1 N–H and O–H groups in total. The average Bonchev–Trinajstić information content (AvgIpc) is 3.58. The Morgan fingerprint density at radius 1 is 1.23 bits per heavy atom. The Bertz CT molecular complexity index is 1150. The summed E-state index contributed by atoms with van der Waals surface area (Å²) in [4.78, 5) is 16.8. The van der Waals surface area contributed by atoms with Crippen molar-refractivity contribution in [3.8, 4) is 16.8 Å². The Morgan fingerprint density at radius 2 is 2.00 bits per heavy atom. The van der Waals surface area contributed by atoms with Gasteiger partial charge in [0, 0.05) is 24.0 Å². The van der Waals surface area contributed by atoms with Gasteiger partial charge in [0.25, 0.3) is 5.91 Å². The molecule has 0 saturated heterocycles. The average molecular weight is 404 g/mol. The van der Waals surface area contributed by atoms with Crippen molar-refractivity contribution < 1.29 is 9.18 Å². The first-order chi connectivity index (χ1) is 14.3. The smallest absolute Gasteiger partial charge is 0.254 e. The zero-order valence-corrected chi connectivity index (χ0v) is 17.4. The normalized spacial score (nSPS) is 22.7. The Balaban J connectivity index is 1.47. The molecule has 2 aliphatic rings. The van der Waals surface area contributed by atoms with E-state index in [2.05, 4.69) is 35.3 Å². The molecular formula is C24H25FN4O.